The minimum absolute atomic E-state index is 0.901. The quantitative estimate of drug-likeness (QED) is 0.0577. The van der Waals surface area contributed by atoms with E-state index in [1.54, 1.807) is 0 Å². The third kappa shape index (κ3) is 7.25. The number of rotatable bonds is 14. The first-order chi connectivity index (χ1) is 23.2. The fourth-order valence-corrected chi connectivity index (χ4v) is 7.63. The Bertz CT molecular complexity index is 1680. The predicted octanol–water partition coefficient (Wildman–Crippen LogP) is 9.97. The smallest absolute Gasteiger partial charge is 0.223 e. The number of hydrogen-bond donors (Lipinski definition) is 0. The summed E-state index contributed by atoms with van der Waals surface area (Å²) in [5.41, 5.74) is 15.2. The molecule has 2 aromatic heterocycles. The second-order valence-corrected chi connectivity index (χ2v) is 13.3. The van der Waals surface area contributed by atoms with Crippen molar-refractivity contribution in [3.05, 3.63) is 119 Å². The standard InChI is InChI=1S/C44H53N3/c1-4-7-9-15-29-45-30-26-36(17-6-3)42-40-24-22-34-18-11-13-20-38(34)43(40)47(37-27-32-46(33-28-37)31-16-10-8-5-2)44-39-21-14-12-19-35(39)23-25-41(42)44/h6,11-14,17-21,26-28,30,32-33H,4-5,7-10,15-16,22-25,29,31H2,1-3H3/q+2/b17-6-,36-26+,45-30?. The van der Waals surface area contributed by atoms with E-state index in [1.807, 2.05) is 0 Å². The second kappa shape index (κ2) is 16.1. The molecule has 2 heterocycles. The van der Waals surface area contributed by atoms with E-state index in [-0.39, 0.29) is 0 Å². The van der Waals surface area contributed by atoms with Gasteiger partial charge >= 0.3 is 0 Å². The Morgan fingerprint density at radius 1 is 0.702 bits per heavy atom. The second-order valence-electron chi connectivity index (χ2n) is 13.3. The number of benzene rings is 2. The molecule has 0 bridgehead atoms. The number of aryl methyl sites for hydroxylation is 3. The van der Waals surface area contributed by atoms with Gasteiger partial charge < -0.3 is 0 Å². The van der Waals surface area contributed by atoms with Crippen LogP contribution in [0.4, 0.5) is 0 Å². The lowest BCUT2D eigenvalue weighted by molar-refractivity contribution is -0.698. The number of aromatic nitrogens is 2. The number of fused-ring (bicyclic) bond motifs is 6. The Balaban J connectivity index is 1.56. The number of pyridine rings is 2. The molecule has 4 aromatic rings. The molecule has 0 saturated heterocycles. The van der Waals surface area contributed by atoms with Crippen molar-refractivity contribution in [2.75, 3.05) is 6.54 Å². The zero-order valence-corrected chi connectivity index (χ0v) is 29.0. The zero-order valence-electron chi connectivity index (χ0n) is 29.0. The molecule has 47 heavy (non-hydrogen) atoms. The molecule has 242 valence electrons. The van der Waals surface area contributed by atoms with Gasteiger partial charge in [-0.05, 0) is 80.4 Å². The highest BCUT2D eigenvalue weighted by Gasteiger charge is 2.39. The summed E-state index contributed by atoms with van der Waals surface area (Å²) in [5, 5.41) is 0. The highest BCUT2D eigenvalue weighted by molar-refractivity contribution is 5.93. The molecule has 2 aliphatic carbocycles. The highest BCUT2D eigenvalue weighted by atomic mass is 15.0. The average molecular weight is 624 g/mol. The van der Waals surface area contributed by atoms with E-state index >= 15 is 0 Å². The van der Waals surface area contributed by atoms with Gasteiger partial charge in [0.05, 0.1) is 23.3 Å². The van der Waals surface area contributed by atoms with Gasteiger partial charge in [-0.1, -0.05) is 94.5 Å². The largest absolute Gasteiger partial charge is 0.293 e. The van der Waals surface area contributed by atoms with Crippen molar-refractivity contribution in [1.82, 2.24) is 0 Å². The molecule has 0 aliphatic heterocycles. The molecule has 3 nitrogen and oxygen atoms in total. The van der Waals surface area contributed by atoms with E-state index in [2.05, 4.69) is 127 Å². The Hall–Kier alpha value is -4.11. The monoisotopic (exact) mass is 623 g/mol. The fraction of sp³-hybridized carbons (Fsp3) is 0.386. The van der Waals surface area contributed by atoms with Gasteiger partial charge in [0.2, 0.25) is 17.1 Å². The van der Waals surface area contributed by atoms with Crippen LogP contribution in [0.5, 0.6) is 0 Å². The lowest BCUT2D eigenvalue weighted by Gasteiger charge is -2.28. The van der Waals surface area contributed by atoms with E-state index in [1.165, 1.54) is 107 Å². The van der Waals surface area contributed by atoms with Gasteiger partial charge in [0, 0.05) is 35.9 Å². The molecule has 0 fully saturated rings. The van der Waals surface area contributed by atoms with E-state index < -0.39 is 0 Å². The van der Waals surface area contributed by atoms with Gasteiger partial charge in [0.25, 0.3) is 0 Å². The number of allylic oxidation sites excluding steroid dienone is 4. The Kier molecular flexibility index (Phi) is 11.3. The Morgan fingerprint density at radius 3 is 1.89 bits per heavy atom. The number of hydrogen-bond acceptors (Lipinski definition) is 1. The molecular formula is C44H53N3+2. The molecule has 0 spiro atoms. The molecule has 0 unspecified atom stereocenters. The lowest BCUT2D eigenvalue weighted by Crippen LogP contribution is -2.43. The van der Waals surface area contributed by atoms with Crippen LogP contribution in [-0.4, -0.2) is 12.8 Å². The van der Waals surface area contributed by atoms with Crippen molar-refractivity contribution < 1.29 is 9.13 Å². The van der Waals surface area contributed by atoms with Gasteiger partial charge in [-0.3, -0.25) is 4.99 Å². The molecule has 3 heteroatoms. The molecule has 0 radical (unpaired) electrons. The maximum absolute atomic E-state index is 4.85. The third-order valence-corrected chi connectivity index (χ3v) is 9.99. The molecule has 0 atom stereocenters. The molecule has 6 rings (SSSR count). The first-order valence-electron chi connectivity index (χ1n) is 18.4. The molecule has 0 N–H and O–H groups in total. The summed E-state index contributed by atoms with van der Waals surface area (Å²) >= 11 is 0. The van der Waals surface area contributed by atoms with Crippen molar-refractivity contribution in [1.29, 1.82) is 0 Å². The fourth-order valence-electron chi connectivity index (χ4n) is 7.63. The van der Waals surface area contributed by atoms with Crippen LogP contribution in [0.15, 0.2) is 96.3 Å². The average Bonchev–Trinajstić information content (AvgIpc) is 3.11. The van der Waals surface area contributed by atoms with Crippen LogP contribution in [0.3, 0.4) is 0 Å². The normalized spacial score (nSPS) is 13.9. The van der Waals surface area contributed by atoms with Crippen LogP contribution in [0.2, 0.25) is 0 Å². The summed E-state index contributed by atoms with van der Waals surface area (Å²) in [6, 6.07) is 22.9. The molecule has 0 saturated carbocycles. The van der Waals surface area contributed by atoms with Gasteiger partial charge in [0.15, 0.2) is 12.4 Å². The topological polar surface area (TPSA) is 20.1 Å². The van der Waals surface area contributed by atoms with Crippen LogP contribution >= 0.6 is 0 Å². The Morgan fingerprint density at radius 2 is 1.30 bits per heavy atom. The maximum atomic E-state index is 4.85. The molecule has 2 aliphatic rings. The lowest BCUT2D eigenvalue weighted by atomic mass is 9.77. The van der Waals surface area contributed by atoms with E-state index in [4.69, 9.17) is 4.99 Å². The first kappa shape index (κ1) is 32.8. The first-order valence-corrected chi connectivity index (χ1v) is 18.4. The minimum atomic E-state index is 0.901. The van der Waals surface area contributed by atoms with Gasteiger partial charge in [-0.2, -0.15) is 4.57 Å². The van der Waals surface area contributed by atoms with Crippen molar-refractivity contribution in [3.8, 4) is 28.2 Å². The summed E-state index contributed by atoms with van der Waals surface area (Å²) in [5.74, 6) is 0. The highest BCUT2D eigenvalue weighted by Crippen LogP contribution is 2.44. The Labute approximate surface area is 283 Å². The van der Waals surface area contributed by atoms with Crippen molar-refractivity contribution in [2.45, 2.75) is 104 Å². The van der Waals surface area contributed by atoms with E-state index in [0.717, 1.165) is 45.2 Å². The van der Waals surface area contributed by atoms with Gasteiger partial charge in [-0.25, -0.2) is 4.57 Å². The molecular weight excluding hydrogens is 571 g/mol. The maximum Gasteiger partial charge on any atom is 0.223 e. The third-order valence-electron chi connectivity index (χ3n) is 9.99. The summed E-state index contributed by atoms with van der Waals surface area (Å²) in [6.07, 6.45) is 27.7. The van der Waals surface area contributed by atoms with Crippen LogP contribution in [0.1, 0.15) is 100.0 Å². The minimum Gasteiger partial charge on any atom is -0.293 e. The summed E-state index contributed by atoms with van der Waals surface area (Å²) in [7, 11) is 0. The van der Waals surface area contributed by atoms with Crippen molar-refractivity contribution >= 4 is 11.8 Å². The molecule has 2 aromatic carbocycles. The van der Waals surface area contributed by atoms with Crippen LogP contribution in [-0.2, 0) is 32.2 Å². The zero-order chi connectivity index (χ0) is 32.4. The molecule has 0 amide bonds. The van der Waals surface area contributed by atoms with E-state index in [0.29, 0.717) is 0 Å². The predicted molar refractivity (Wildman–Crippen MR) is 198 cm³/mol. The van der Waals surface area contributed by atoms with Gasteiger partial charge in [0.1, 0.15) is 6.54 Å². The summed E-state index contributed by atoms with van der Waals surface area (Å²) < 4.78 is 4.99. The van der Waals surface area contributed by atoms with Crippen LogP contribution < -0.4 is 9.13 Å². The van der Waals surface area contributed by atoms with Crippen molar-refractivity contribution in [2.24, 2.45) is 4.99 Å². The SMILES string of the molecule is C/C=C\C(=C/C=NCCCCCC)c1c2c([n+](-c3cc[n+](CCCCCC)cc3)c3c1CCc1ccccc1-3)-c1ccccc1CC2. The summed E-state index contributed by atoms with van der Waals surface area (Å²) in [4.78, 5) is 4.85. The van der Waals surface area contributed by atoms with Crippen molar-refractivity contribution in [3.63, 3.8) is 0 Å². The van der Waals surface area contributed by atoms with Crippen LogP contribution in [0.25, 0.3) is 33.8 Å². The van der Waals surface area contributed by atoms with Crippen LogP contribution in [0, 0.1) is 0 Å². The number of nitrogens with zero attached hydrogens (tertiary/aromatic N) is 3. The van der Waals surface area contributed by atoms with E-state index in [9.17, 15) is 0 Å². The summed E-state index contributed by atoms with van der Waals surface area (Å²) in [6.45, 7) is 8.66. The number of unbranched alkanes of at least 4 members (excludes halogenated alkanes) is 6. The van der Waals surface area contributed by atoms with Gasteiger partial charge in [-0.15, -0.1) is 0 Å². The number of aliphatic imine (C=N–C) groups is 1.